The van der Waals surface area contributed by atoms with E-state index in [0.29, 0.717) is 6.54 Å². The van der Waals surface area contributed by atoms with Crippen molar-refractivity contribution in [3.63, 3.8) is 0 Å². The van der Waals surface area contributed by atoms with Crippen LogP contribution < -0.4 is 0 Å². The van der Waals surface area contributed by atoms with Gasteiger partial charge >= 0.3 is 0 Å². The summed E-state index contributed by atoms with van der Waals surface area (Å²) in [6, 6.07) is 7.71. The van der Waals surface area contributed by atoms with Crippen molar-refractivity contribution in [2.45, 2.75) is 24.9 Å². The monoisotopic (exact) mass is 352 g/mol. The zero-order valence-corrected chi connectivity index (χ0v) is 13.3. The molecule has 2 heterocycles. The summed E-state index contributed by atoms with van der Waals surface area (Å²) in [4.78, 5) is 27.1. The highest BCUT2D eigenvalue weighted by atomic mass is 79.9. The van der Waals surface area contributed by atoms with E-state index in [0.717, 1.165) is 10.0 Å². The maximum absolute atomic E-state index is 12.2. The highest BCUT2D eigenvalue weighted by molar-refractivity contribution is 9.10. The van der Waals surface area contributed by atoms with Crippen molar-refractivity contribution >= 4 is 27.7 Å². The molecule has 1 aromatic carbocycles. The molecule has 21 heavy (non-hydrogen) atoms. The molecular formula is C15H17BrN2O3. The number of benzene rings is 1. The van der Waals surface area contributed by atoms with Crippen LogP contribution in [-0.4, -0.2) is 58.5 Å². The van der Waals surface area contributed by atoms with Gasteiger partial charge in [0.25, 0.3) is 0 Å². The minimum Gasteiger partial charge on any atom is -0.394 e. The Kier molecular flexibility index (Phi) is 3.75. The number of fused-ring (bicyclic) bond motifs is 1. The summed E-state index contributed by atoms with van der Waals surface area (Å²) >= 11 is 3.41. The average molecular weight is 353 g/mol. The summed E-state index contributed by atoms with van der Waals surface area (Å²) in [5.41, 5.74) is 1.09. The van der Waals surface area contributed by atoms with E-state index in [1.807, 2.05) is 24.3 Å². The van der Waals surface area contributed by atoms with Gasteiger partial charge in [-0.2, -0.15) is 0 Å². The molecule has 112 valence electrons. The molecule has 0 aliphatic carbocycles. The van der Waals surface area contributed by atoms with E-state index in [2.05, 4.69) is 15.9 Å². The molecule has 0 radical (unpaired) electrons. The lowest BCUT2D eigenvalue weighted by atomic mass is 9.74. The molecule has 2 aliphatic rings. The lowest BCUT2D eigenvalue weighted by Crippen LogP contribution is -2.73. The molecule has 2 saturated heterocycles. The van der Waals surface area contributed by atoms with E-state index in [1.54, 1.807) is 9.80 Å². The van der Waals surface area contributed by atoms with Crippen molar-refractivity contribution in [2.24, 2.45) is 0 Å². The van der Waals surface area contributed by atoms with Crippen LogP contribution in [0.25, 0.3) is 0 Å². The fourth-order valence-corrected chi connectivity index (χ4v) is 3.69. The first-order chi connectivity index (χ1) is 10.0. The van der Waals surface area contributed by atoms with E-state index in [9.17, 15) is 14.7 Å². The molecule has 2 amide bonds. The third kappa shape index (κ3) is 2.36. The number of aliphatic hydroxyl groups is 1. The molecule has 2 aliphatic heterocycles. The fraction of sp³-hybridized carbons (Fsp3) is 0.467. The van der Waals surface area contributed by atoms with Crippen molar-refractivity contribution in [1.82, 2.24) is 9.80 Å². The predicted octanol–water partition coefficient (Wildman–Crippen LogP) is 0.966. The molecule has 0 saturated carbocycles. The Labute approximate surface area is 131 Å². The van der Waals surface area contributed by atoms with E-state index >= 15 is 0 Å². The first-order valence-corrected chi connectivity index (χ1v) is 7.75. The Bertz CT molecular complexity index is 575. The van der Waals surface area contributed by atoms with Crippen molar-refractivity contribution in [3.8, 4) is 0 Å². The average Bonchev–Trinajstić information content (AvgIpc) is 2.43. The summed E-state index contributed by atoms with van der Waals surface area (Å²) in [6.07, 6.45) is 0. The number of carbonyl (C=O) groups excluding carboxylic acids is 2. The molecule has 0 spiro atoms. The maximum atomic E-state index is 12.2. The lowest BCUT2D eigenvalue weighted by Gasteiger charge is -2.58. The lowest BCUT2D eigenvalue weighted by molar-refractivity contribution is -0.166. The molecular weight excluding hydrogens is 336 g/mol. The SMILES string of the molecule is CC(=O)N1CC(=O)N2[C@@H](CO)[C@@H](c3ccc(Br)cc3)[C@@H]2C1. The summed E-state index contributed by atoms with van der Waals surface area (Å²) < 4.78 is 0.994. The van der Waals surface area contributed by atoms with Gasteiger partial charge < -0.3 is 14.9 Å². The third-order valence-corrected chi connectivity index (χ3v) is 4.98. The number of nitrogens with zero attached hydrogens (tertiary/aromatic N) is 2. The van der Waals surface area contributed by atoms with Gasteiger partial charge in [-0.3, -0.25) is 9.59 Å². The van der Waals surface area contributed by atoms with Gasteiger partial charge in [0, 0.05) is 23.9 Å². The first-order valence-electron chi connectivity index (χ1n) is 6.96. The third-order valence-electron chi connectivity index (χ3n) is 4.45. The second-order valence-electron chi connectivity index (χ2n) is 5.60. The number of piperazine rings is 1. The number of rotatable bonds is 2. The van der Waals surface area contributed by atoms with E-state index in [1.165, 1.54) is 6.92 Å². The van der Waals surface area contributed by atoms with Crippen LogP contribution in [0.4, 0.5) is 0 Å². The Balaban J connectivity index is 1.88. The van der Waals surface area contributed by atoms with Gasteiger partial charge in [0.1, 0.15) is 0 Å². The van der Waals surface area contributed by atoms with Gasteiger partial charge in [-0.1, -0.05) is 28.1 Å². The quantitative estimate of drug-likeness (QED) is 0.862. The van der Waals surface area contributed by atoms with Gasteiger partial charge in [-0.25, -0.2) is 0 Å². The molecule has 6 heteroatoms. The molecule has 0 bridgehead atoms. The molecule has 1 aromatic rings. The minimum absolute atomic E-state index is 0.0338. The number of hydrogen-bond donors (Lipinski definition) is 1. The highest BCUT2D eigenvalue weighted by Gasteiger charge is 2.54. The molecule has 2 fully saturated rings. The molecule has 0 aromatic heterocycles. The Morgan fingerprint density at radius 2 is 2.05 bits per heavy atom. The minimum atomic E-state index is -0.183. The van der Waals surface area contributed by atoms with Crippen LogP contribution in [-0.2, 0) is 9.59 Å². The first kappa shape index (κ1) is 14.5. The zero-order valence-electron chi connectivity index (χ0n) is 11.7. The van der Waals surface area contributed by atoms with E-state index in [4.69, 9.17) is 0 Å². The molecule has 1 N–H and O–H groups in total. The largest absolute Gasteiger partial charge is 0.394 e. The molecule has 0 unspecified atom stereocenters. The fourth-order valence-electron chi connectivity index (χ4n) is 3.42. The van der Waals surface area contributed by atoms with Crippen molar-refractivity contribution in [1.29, 1.82) is 0 Å². The van der Waals surface area contributed by atoms with Crippen LogP contribution in [0.3, 0.4) is 0 Å². The summed E-state index contributed by atoms with van der Waals surface area (Å²) in [7, 11) is 0. The second-order valence-corrected chi connectivity index (χ2v) is 6.51. The van der Waals surface area contributed by atoms with Crippen molar-refractivity contribution < 1.29 is 14.7 Å². The van der Waals surface area contributed by atoms with Crippen LogP contribution in [0.15, 0.2) is 28.7 Å². The number of amides is 2. The van der Waals surface area contributed by atoms with Gasteiger partial charge in [0.2, 0.25) is 11.8 Å². The number of halogens is 1. The molecule has 3 atom stereocenters. The van der Waals surface area contributed by atoms with Crippen LogP contribution in [0, 0.1) is 0 Å². The van der Waals surface area contributed by atoms with Gasteiger partial charge in [-0.15, -0.1) is 0 Å². The summed E-state index contributed by atoms with van der Waals surface area (Å²) in [5, 5.41) is 9.62. The number of aliphatic hydroxyl groups excluding tert-OH is 1. The van der Waals surface area contributed by atoms with Crippen LogP contribution in [0.1, 0.15) is 18.4 Å². The van der Waals surface area contributed by atoms with Crippen molar-refractivity contribution in [2.75, 3.05) is 19.7 Å². The zero-order chi connectivity index (χ0) is 15.1. The smallest absolute Gasteiger partial charge is 0.242 e. The Hall–Kier alpha value is -1.40. The molecule has 5 nitrogen and oxygen atoms in total. The van der Waals surface area contributed by atoms with Crippen LogP contribution in [0.5, 0.6) is 0 Å². The van der Waals surface area contributed by atoms with Gasteiger partial charge in [0.15, 0.2) is 0 Å². The Morgan fingerprint density at radius 3 is 2.62 bits per heavy atom. The number of hydrogen-bond acceptors (Lipinski definition) is 3. The highest BCUT2D eigenvalue weighted by Crippen LogP contribution is 2.42. The standard InChI is InChI=1S/C15H17BrN2O3/c1-9(20)17-6-12-15(10-2-4-11(16)5-3-10)13(8-19)18(12)14(21)7-17/h2-5,12-13,15,19H,6-8H2,1H3/t12-,13-,15-/m0/s1. The van der Waals surface area contributed by atoms with Crippen LogP contribution >= 0.6 is 15.9 Å². The Morgan fingerprint density at radius 1 is 1.38 bits per heavy atom. The van der Waals surface area contributed by atoms with Gasteiger partial charge in [0.05, 0.1) is 25.2 Å². The molecule has 3 rings (SSSR count). The second kappa shape index (κ2) is 5.42. The summed E-state index contributed by atoms with van der Waals surface area (Å²) in [5.74, 6) is -0.0759. The topological polar surface area (TPSA) is 60.9 Å². The number of carbonyl (C=O) groups is 2. The van der Waals surface area contributed by atoms with E-state index in [-0.39, 0.29) is 43.0 Å². The normalized spacial score (nSPS) is 28.1. The predicted molar refractivity (Wildman–Crippen MR) is 80.6 cm³/mol. The van der Waals surface area contributed by atoms with Crippen molar-refractivity contribution in [3.05, 3.63) is 34.3 Å². The van der Waals surface area contributed by atoms with Crippen LogP contribution in [0.2, 0.25) is 0 Å². The summed E-state index contributed by atoms with van der Waals surface area (Å²) in [6.45, 7) is 2.09. The van der Waals surface area contributed by atoms with E-state index < -0.39 is 0 Å². The maximum Gasteiger partial charge on any atom is 0.242 e. The van der Waals surface area contributed by atoms with Gasteiger partial charge in [-0.05, 0) is 17.7 Å².